The molecule has 3 rings (SSSR count). The number of para-hydroxylation sites is 1. The van der Waals surface area contributed by atoms with Crippen LogP contribution in [0.25, 0.3) is 6.08 Å². The average molecular weight is 307 g/mol. The molecule has 4 heteroatoms. The number of aliphatic hydroxyl groups is 1. The predicted octanol–water partition coefficient (Wildman–Crippen LogP) is 4.50. The summed E-state index contributed by atoms with van der Waals surface area (Å²) < 4.78 is 5.65. The van der Waals surface area contributed by atoms with Gasteiger partial charge < -0.3 is 9.84 Å². The largest absolute Gasteiger partial charge is 0.489 e. The molecule has 0 saturated heterocycles. The highest BCUT2D eigenvalue weighted by molar-refractivity contribution is 6.42. The number of rotatable bonds is 1. The van der Waals surface area contributed by atoms with Crippen molar-refractivity contribution < 1.29 is 9.84 Å². The quantitative estimate of drug-likeness (QED) is 0.840. The summed E-state index contributed by atoms with van der Waals surface area (Å²) in [6.45, 7) is 0.360. The van der Waals surface area contributed by atoms with Crippen molar-refractivity contribution in [2.24, 2.45) is 0 Å². The van der Waals surface area contributed by atoms with Crippen molar-refractivity contribution in [2.75, 3.05) is 6.61 Å². The molecule has 1 atom stereocenters. The van der Waals surface area contributed by atoms with Crippen LogP contribution in [-0.2, 0) is 0 Å². The Morgan fingerprint density at radius 2 is 1.90 bits per heavy atom. The normalized spacial score (nSPS) is 19.6. The van der Waals surface area contributed by atoms with Gasteiger partial charge in [-0.2, -0.15) is 0 Å². The molecule has 1 aliphatic heterocycles. The van der Waals surface area contributed by atoms with Crippen LogP contribution >= 0.6 is 23.2 Å². The Morgan fingerprint density at radius 1 is 1.10 bits per heavy atom. The van der Waals surface area contributed by atoms with Crippen LogP contribution in [-0.4, -0.2) is 11.7 Å². The van der Waals surface area contributed by atoms with Gasteiger partial charge in [0.2, 0.25) is 0 Å². The van der Waals surface area contributed by atoms with E-state index in [1.54, 1.807) is 12.1 Å². The summed E-state index contributed by atoms with van der Waals surface area (Å²) in [5.74, 6) is 0.728. The Bertz CT molecular complexity index is 680. The number of hydrogen-bond acceptors (Lipinski definition) is 2. The Morgan fingerprint density at radius 3 is 2.70 bits per heavy atom. The summed E-state index contributed by atoms with van der Waals surface area (Å²) in [6, 6.07) is 12.8. The number of ether oxygens (including phenoxy) is 1. The fraction of sp³-hybridized carbons (Fsp3) is 0.125. The van der Waals surface area contributed by atoms with Crippen LogP contribution < -0.4 is 4.74 Å². The van der Waals surface area contributed by atoms with Crippen LogP contribution in [0, 0.1) is 0 Å². The van der Waals surface area contributed by atoms with Gasteiger partial charge in [-0.05, 0) is 29.8 Å². The summed E-state index contributed by atoms with van der Waals surface area (Å²) in [6.07, 6.45) is 1.22. The molecule has 20 heavy (non-hydrogen) atoms. The van der Waals surface area contributed by atoms with E-state index in [1.807, 2.05) is 36.4 Å². The Labute approximate surface area is 127 Å². The molecule has 0 saturated carbocycles. The van der Waals surface area contributed by atoms with Crippen LogP contribution in [0.5, 0.6) is 5.75 Å². The minimum atomic E-state index is -0.658. The summed E-state index contributed by atoms with van der Waals surface area (Å²) in [4.78, 5) is 0. The lowest BCUT2D eigenvalue weighted by molar-refractivity contribution is 0.172. The van der Waals surface area contributed by atoms with Gasteiger partial charge in [-0.1, -0.05) is 47.5 Å². The molecule has 0 aliphatic carbocycles. The summed E-state index contributed by atoms with van der Waals surface area (Å²) >= 11 is 11.9. The van der Waals surface area contributed by atoms with E-state index in [0.717, 1.165) is 22.4 Å². The molecule has 1 heterocycles. The zero-order valence-electron chi connectivity index (χ0n) is 10.5. The van der Waals surface area contributed by atoms with E-state index in [0.29, 0.717) is 16.7 Å². The maximum Gasteiger partial charge on any atom is 0.125 e. The Hall–Kier alpha value is -1.48. The van der Waals surface area contributed by atoms with Crippen molar-refractivity contribution in [3.63, 3.8) is 0 Å². The van der Waals surface area contributed by atoms with Gasteiger partial charge in [0.1, 0.15) is 18.5 Å². The van der Waals surface area contributed by atoms with Gasteiger partial charge in [0.25, 0.3) is 0 Å². The molecule has 2 aromatic rings. The first-order chi connectivity index (χ1) is 9.65. The molecular formula is C16H12Cl2O2. The molecule has 0 bridgehead atoms. The molecule has 0 radical (unpaired) electrons. The Balaban J connectivity index is 1.95. The molecule has 1 N–H and O–H groups in total. The van der Waals surface area contributed by atoms with Gasteiger partial charge in [0.05, 0.1) is 10.0 Å². The summed E-state index contributed by atoms with van der Waals surface area (Å²) in [5.41, 5.74) is 2.46. The predicted molar refractivity (Wildman–Crippen MR) is 81.3 cm³/mol. The van der Waals surface area contributed by atoms with Crippen LogP contribution in [0.2, 0.25) is 10.0 Å². The highest BCUT2D eigenvalue weighted by Crippen LogP contribution is 2.35. The minimum absolute atomic E-state index is 0.360. The zero-order chi connectivity index (χ0) is 14.1. The maximum atomic E-state index is 10.4. The van der Waals surface area contributed by atoms with Crippen molar-refractivity contribution >= 4 is 29.3 Å². The number of aliphatic hydroxyl groups excluding tert-OH is 1. The first-order valence-corrected chi connectivity index (χ1v) is 6.96. The second-order valence-corrected chi connectivity index (χ2v) is 5.44. The van der Waals surface area contributed by atoms with Crippen LogP contribution in [0.4, 0.5) is 0 Å². The molecular weight excluding hydrogens is 295 g/mol. The third kappa shape index (κ3) is 2.55. The van der Waals surface area contributed by atoms with Crippen LogP contribution in [0.15, 0.2) is 48.0 Å². The third-order valence-corrected chi connectivity index (χ3v) is 3.99. The molecule has 2 aromatic carbocycles. The molecule has 0 amide bonds. The molecule has 1 aliphatic rings. The molecule has 1 unspecified atom stereocenters. The fourth-order valence-electron chi connectivity index (χ4n) is 2.21. The summed E-state index contributed by atoms with van der Waals surface area (Å²) in [5, 5.41) is 11.4. The van der Waals surface area contributed by atoms with Crippen molar-refractivity contribution in [1.82, 2.24) is 0 Å². The van der Waals surface area contributed by atoms with Gasteiger partial charge in [0.15, 0.2) is 0 Å². The third-order valence-electron chi connectivity index (χ3n) is 3.25. The van der Waals surface area contributed by atoms with Gasteiger partial charge in [0, 0.05) is 11.1 Å². The first kappa shape index (κ1) is 13.5. The highest BCUT2D eigenvalue weighted by atomic mass is 35.5. The summed E-state index contributed by atoms with van der Waals surface area (Å²) in [7, 11) is 0. The molecule has 2 nitrogen and oxygen atoms in total. The van der Waals surface area contributed by atoms with Gasteiger partial charge in [-0.3, -0.25) is 0 Å². The van der Waals surface area contributed by atoms with Gasteiger partial charge in [-0.15, -0.1) is 0 Å². The maximum absolute atomic E-state index is 10.4. The standard InChI is InChI=1S/C16H12Cl2O2/c17-13-6-5-10(8-14(13)18)7-11-9-20-15-4-2-1-3-12(15)16(11)19/h1-8,16,19H,9H2/b11-7+. The lowest BCUT2D eigenvalue weighted by atomic mass is 9.97. The Kier molecular flexibility index (Phi) is 3.70. The second kappa shape index (κ2) is 5.49. The lowest BCUT2D eigenvalue weighted by Gasteiger charge is -2.25. The van der Waals surface area contributed by atoms with Gasteiger partial charge in [-0.25, -0.2) is 0 Å². The van der Waals surface area contributed by atoms with Gasteiger partial charge >= 0.3 is 0 Å². The molecule has 0 fully saturated rings. The number of halogens is 2. The highest BCUT2D eigenvalue weighted by Gasteiger charge is 2.23. The smallest absolute Gasteiger partial charge is 0.125 e. The second-order valence-electron chi connectivity index (χ2n) is 4.62. The zero-order valence-corrected chi connectivity index (χ0v) is 12.0. The van der Waals surface area contributed by atoms with Crippen molar-refractivity contribution in [1.29, 1.82) is 0 Å². The first-order valence-electron chi connectivity index (χ1n) is 6.20. The van der Waals surface area contributed by atoms with E-state index in [-0.39, 0.29) is 0 Å². The number of benzene rings is 2. The van der Waals surface area contributed by atoms with Crippen molar-refractivity contribution in [3.05, 3.63) is 69.2 Å². The topological polar surface area (TPSA) is 29.5 Å². The van der Waals surface area contributed by atoms with Crippen LogP contribution in [0.1, 0.15) is 17.2 Å². The van der Waals surface area contributed by atoms with E-state index >= 15 is 0 Å². The van der Waals surface area contributed by atoms with E-state index in [2.05, 4.69) is 0 Å². The minimum Gasteiger partial charge on any atom is -0.489 e. The monoisotopic (exact) mass is 306 g/mol. The van der Waals surface area contributed by atoms with Crippen LogP contribution in [0.3, 0.4) is 0 Å². The average Bonchev–Trinajstić information content (AvgIpc) is 2.46. The van der Waals surface area contributed by atoms with E-state index in [9.17, 15) is 5.11 Å². The van der Waals surface area contributed by atoms with E-state index in [1.165, 1.54) is 0 Å². The molecule has 0 aromatic heterocycles. The van der Waals surface area contributed by atoms with E-state index < -0.39 is 6.10 Å². The molecule has 102 valence electrons. The molecule has 0 spiro atoms. The van der Waals surface area contributed by atoms with E-state index in [4.69, 9.17) is 27.9 Å². The SMILES string of the molecule is OC1/C(=C/c2ccc(Cl)c(Cl)c2)COc2ccccc21. The fourth-order valence-corrected chi connectivity index (χ4v) is 2.52. The van der Waals surface area contributed by atoms with Crippen molar-refractivity contribution in [2.45, 2.75) is 6.10 Å². The van der Waals surface area contributed by atoms with Crippen molar-refractivity contribution in [3.8, 4) is 5.75 Å². The lowest BCUT2D eigenvalue weighted by Crippen LogP contribution is -2.17. The number of fused-ring (bicyclic) bond motifs is 1. The number of hydrogen-bond donors (Lipinski definition) is 1.